The van der Waals surface area contributed by atoms with Crippen LogP contribution in [-0.4, -0.2) is 23.4 Å². The van der Waals surface area contributed by atoms with Gasteiger partial charge in [0.15, 0.2) is 0 Å². The molecule has 0 saturated heterocycles. The fraction of sp³-hybridized carbons (Fsp3) is 0.333. The summed E-state index contributed by atoms with van der Waals surface area (Å²) in [7, 11) is 0. The minimum Gasteiger partial charge on any atom is -0.493 e. The Morgan fingerprint density at radius 3 is 1.57 bits per heavy atom. The highest BCUT2D eigenvalue weighted by atomic mass is 16.5. The minimum absolute atomic E-state index is 0.600. The maximum atomic E-state index is 11.2. The standard InChI is InChI=1S/C42H46O4/c1-3-5-7-13-25-45-38-29-37(33-21-15-23-35(27-33)41(43)31-17-9-10-18-31)30-39(46-26-14-8-6-4-2)40(38)34-22-16-24-36(28-34)42(44)32-19-11-12-20-32/h9-12,15-17,19,21-24,27-30,41-44H,3-8,13-14,25-26H2,1-2H3. The third-order valence-electron chi connectivity index (χ3n) is 8.44. The van der Waals surface area contributed by atoms with Gasteiger partial charge in [0.1, 0.15) is 23.7 Å². The molecule has 0 amide bonds. The first kappa shape index (κ1) is 33.1. The quantitative estimate of drug-likeness (QED) is 0.111. The average molecular weight is 615 g/mol. The van der Waals surface area contributed by atoms with E-state index >= 15 is 0 Å². The van der Waals surface area contributed by atoms with E-state index in [0.717, 1.165) is 94.6 Å². The molecule has 4 heteroatoms. The van der Waals surface area contributed by atoms with Gasteiger partial charge >= 0.3 is 0 Å². The van der Waals surface area contributed by atoms with E-state index in [-0.39, 0.29) is 0 Å². The molecule has 46 heavy (non-hydrogen) atoms. The molecule has 3 aromatic rings. The van der Waals surface area contributed by atoms with Gasteiger partial charge in [-0.05, 0) is 89.2 Å². The zero-order chi connectivity index (χ0) is 32.1. The van der Waals surface area contributed by atoms with E-state index in [9.17, 15) is 10.2 Å². The lowest BCUT2D eigenvalue weighted by molar-refractivity contribution is 0.220. The van der Waals surface area contributed by atoms with Crippen LogP contribution in [0.2, 0.25) is 0 Å². The van der Waals surface area contributed by atoms with Gasteiger partial charge in [-0.3, -0.25) is 0 Å². The van der Waals surface area contributed by atoms with Crippen molar-refractivity contribution in [3.05, 3.63) is 131 Å². The summed E-state index contributed by atoms with van der Waals surface area (Å²) in [6, 6.07) is 20.2. The first-order valence-corrected chi connectivity index (χ1v) is 16.9. The summed E-state index contributed by atoms with van der Waals surface area (Å²) in [5.74, 6) is 1.50. The number of unbranched alkanes of at least 4 members (excludes halogenated alkanes) is 6. The van der Waals surface area contributed by atoms with Crippen LogP contribution in [0, 0.1) is 0 Å². The van der Waals surface area contributed by atoms with Crippen LogP contribution >= 0.6 is 0 Å². The van der Waals surface area contributed by atoms with Crippen LogP contribution in [-0.2, 0) is 0 Å². The molecule has 238 valence electrons. The van der Waals surface area contributed by atoms with E-state index in [1.807, 2.05) is 72.9 Å². The van der Waals surface area contributed by atoms with E-state index in [0.29, 0.717) is 13.2 Å². The maximum Gasteiger partial charge on any atom is 0.131 e. The molecule has 2 unspecified atom stereocenters. The molecule has 0 heterocycles. The molecule has 0 bridgehead atoms. The first-order chi connectivity index (χ1) is 22.6. The highest BCUT2D eigenvalue weighted by Gasteiger charge is 2.21. The maximum absolute atomic E-state index is 11.2. The Labute approximate surface area is 274 Å². The van der Waals surface area contributed by atoms with E-state index in [1.54, 1.807) is 0 Å². The second kappa shape index (κ2) is 16.9. The molecule has 0 radical (unpaired) electrons. The monoisotopic (exact) mass is 614 g/mol. The molecule has 0 aromatic heterocycles. The minimum atomic E-state index is -0.778. The average Bonchev–Trinajstić information content (AvgIpc) is 3.83. The summed E-state index contributed by atoms with van der Waals surface area (Å²) in [5.41, 5.74) is 13.1. The molecular weight excluding hydrogens is 568 g/mol. The predicted octanol–water partition coefficient (Wildman–Crippen LogP) is 10.3. The van der Waals surface area contributed by atoms with Crippen LogP contribution in [0.3, 0.4) is 0 Å². The highest BCUT2D eigenvalue weighted by Crippen LogP contribution is 2.44. The molecule has 5 rings (SSSR count). The van der Waals surface area contributed by atoms with Crippen LogP contribution < -0.4 is 9.47 Å². The van der Waals surface area contributed by atoms with E-state index in [2.05, 4.69) is 49.6 Å². The van der Waals surface area contributed by atoms with Crippen molar-refractivity contribution >= 4 is 0 Å². The van der Waals surface area contributed by atoms with Crippen molar-refractivity contribution in [3.63, 3.8) is 0 Å². The van der Waals surface area contributed by atoms with E-state index < -0.39 is 12.2 Å². The Hall–Kier alpha value is -4.30. The molecule has 3 aromatic carbocycles. The third-order valence-corrected chi connectivity index (χ3v) is 8.44. The summed E-state index contributed by atoms with van der Waals surface area (Å²) in [6.45, 7) is 5.62. The first-order valence-electron chi connectivity index (χ1n) is 16.9. The summed E-state index contributed by atoms with van der Waals surface area (Å²) < 4.78 is 13.2. The Kier molecular flexibility index (Phi) is 12.1. The molecular formula is C42H46O4. The van der Waals surface area contributed by atoms with Gasteiger partial charge in [0.05, 0.1) is 18.8 Å². The zero-order valence-electron chi connectivity index (χ0n) is 27.2. The normalized spacial score (nSPS) is 14.4. The highest BCUT2D eigenvalue weighted by molar-refractivity contribution is 5.83. The number of aliphatic hydroxyl groups excluding tert-OH is 2. The smallest absolute Gasteiger partial charge is 0.131 e. The number of aliphatic hydroxyl groups is 2. The largest absolute Gasteiger partial charge is 0.493 e. The second-order valence-electron chi connectivity index (χ2n) is 12.0. The van der Waals surface area contributed by atoms with Crippen molar-refractivity contribution in [1.82, 2.24) is 0 Å². The summed E-state index contributed by atoms with van der Waals surface area (Å²) in [5, 5.41) is 22.2. The van der Waals surface area contributed by atoms with Gasteiger partial charge in [-0.15, -0.1) is 11.5 Å². The summed E-state index contributed by atoms with van der Waals surface area (Å²) >= 11 is 0. The van der Waals surface area contributed by atoms with Crippen LogP contribution in [0.1, 0.15) is 88.5 Å². The van der Waals surface area contributed by atoms with Crippen LogP contribution in [0.15, 0.2) is 120 Å². The molecule has 2 aliphatic carbocycles. The number of benzene rings is 3. The Bertz CT molecular complexity index is 1640. The van der Waals surface area contributed by atoms with Gasteiger partial charge in [-0.1, -0.05) is 101 Å². The van der Waals surface area contributed by atoms with Gasteiger partial charge in [-0.2, -0.15) is 0 Å². The van der Waals surface area contributed by atoms with Gasteiger partial charge in [-0.25, -0.2) is 0 Å². The summed E-state index contributed by atoms with van der Waals surface area (Å²) in [4.78, 5) is 0. The number of ether oxygens (including phenoxy) is 2. The number of allylic oxidation sites excluding steroid dienone is 2. The molecule has 2 aliphatic rings. The third kappa shape index (κ3) is 8.49. The van der Waals surface area contributed by atoms with Crippen molar-refractivity contribution in [2.75, 3.05) is 13.2 Å². The number of hydrogen-bond donors (Lipinski definition) is 2. The Balaban J connectivity index is 1.57. The lowest BCUT2D eigenvalue weighted by atomic mass is 9.93. The van der Waals surface area contributed by atoms with Gasteiger partial charge in [0.25, 0.3) is 0 Å². The van der Waals surface area contributed by atoms with Gasteiger partial charge in [0.2, 0.25) is 0 Å². The Morgan fingerprint density at radius 2 is 1.09 bits per heavy atom. The van der Waals surface area contributed by atoms with Gasteiger partial charge in [0, 0.05) is 11.1 Å². The lowest BCUT2D eigenvalue weighted by Crippen LogP contribution is -2.05. The van der Waals surface area contributed by atoms with Gasteiger partial charge < -0.3 is 19.7 Å². The van der Waals surface area contributed by atoms with Crippen molar-refractivity contribution in [1.29, 1.82) is 0 Å². The fourth-order valence-electron chi connectivity index (χ4n) is 5.83. The number of rotatable bonds is 18. The molecule has 0 spiro atoms. The molecule has 2 N–H and O–H groups in total. The van der Waals surface area contributed by atoms with Crippen molar-refractivity contribution in [2.24, 2.45) is 0 Å². The molecule has 4 nitrogen and oxygen atoms in total. The van der Waals surface area contributed by atoms with Crippen molar-refractivity contribution < 1.29 is 19.7 Å². The predicted molar refractivity (Wildman–Crippen MR) is 188 cm³/mol. The van der Waals surface area contributed by atoms with E-state index in [4.69, 9.17) is 9.47 Å². The fourth-order valence-corrected chi connectivity index (χ4v) is 5.83. The molecule has 0 saturated carbocycles. The lowest BCUT2D eigenvalue weighted by Gasteiger charge is -2.20. The van der Waals surface area contributed by atoms with Crippen LogP contribution in [0.5, 0.6) is 11.5 Å². The molecule has 2 atom stereocenters. The van der Waals surface area contributed by atoms with Crippen molar-refractivity contribution in [2.45, 2.75) is 77.4 Å². The molecule has 0 fully saturated rings. The van der Waals surface area contributed by atoms with Crippen molar-refractivity contribution in [3.8, 4) is 33.8 Å². The molecule has 0 aliphatic heterocycles. The second-order valence-corrected chi connectivity index (χ2v) is 12.0. The zero-order valence-corrected chi connectivity index (χ0v) is 27.2. The summed E-state index contributed by atoms with van der Waals surface area (Å²) in [6.07, 6.45) is 18.5. The Morgan fingerprint density at radius 1 is 0.587 bits per heavy atom. The number of hydrogen-bond acceptors (Lipinski definition) is 4. The van der Waals surface area contributed by atoms with E-state index in [1.165, 1.54) is 12.8 Å². The topological polar surface area (TPSA) is 58.9 Å². The van der Waals surface area contributed by atoms with Crippen LogP contribution in [0.4, 0.5) is 0 Å². The van der Waals surface area contributed by atoms with Crippen LogP contribution in [0.25, 0.3) is 22.3 Å². The SMILES string of the molecule is CCCCCCOc1cc(-c2cccc(C(O)C3=C=CC=C3)c2)cc(OCCCCCC)c1-c1cccc(C(O)C2=C=CC=C2)c1.